The van der Waals surface area contributed by atoms with Crippen molar-refractivity contribution in [3.8, 4) is 0 Å². The summed E-state index contributed by atoms with van der Waals surface area (Å²) in [6, 6.07) is 7.30. The zero-order chi connectivity index (χ0) is 14.5. The molecule has 0 saturated heterocycles. The maximum absolute atomic E-state index is 3.53. The minimum atomic E-state index is 0.586. The van der Waals surface area contributed by atoms with Gasteiger partial charge in [0.1, 0.15) is 0 Å². The van der Waals surface area contributed by atoms with E-state index < -0.39 is 0 Å². The lowest BCUT2D eigenvalue weighted by Crippen LogP contribution is -2.39. The van der Waals surface area contributed by atoms with Crippen molar-refractivity contribution in [2.45, 2.75) is 39.3 Å². The number of hydrogen-bond acceptors (Lipinski definition) is 3. The summed E-state index contributed by atoms with van der Waals surface area (Å²) in [5.74, 6) is 0. The van der Waals surface area contributed by atoms with E-state index in [9.17, 15) is 0 Å². The van der Waals surface area contributed by atoms with Crippen LogP contribution in [0, 0.1) is 0 Å². The van der Waals surface area contributed by atoms with E-state index in [2.05, 4.69) is 61.3 Å². The molecule has 1 aromatic rings. The van der Waals surface area contributed by atoms with E-state index in [1.807, 2.05) is 0 Å². The van der Waals surface area contributed by atoms with E-state index in [-0.39, 0.29) is 0 Å². The number of nitrogens with one attached hydrogen (secondary N) is 1. The van der Waals surface area contributed by atoms with Crippen molar-refractivity contribution < 1.29 is 0 Å². The van der Waals surface area contributed by atoms with Crippen LogP contribution in [-0.2, 0) is 13.0 Å². The van der Waals surface area contributed by atoms with Crippen LogP contribution in [0.4, 0.5) is 5.69 Å². The van der Waals surface area contributed by atoms with Crippen LogP contribution in [-0.4, -0.2) is 49.6 Å². The summed E-state index contributed by atoms with van der Waals surface area (Å²) in [6.07, 6.45) is 2.47. The number of hydrogen-bond donors (Lipinski definition) is 1. The molecule has 0 aliphatic carbocycles. The van der Waals surface area contributed by atoms with Gasteiger partial charge in [0.05, 0.1) is 0 Å². The molecule has 3 heteroatoms. The first-order valence-corrected chi connectivity index (χ1v) is 7.85. The zero-order valence-corrected chi connectivity index (χ0v) is 13.4. The molecule has 1 aromatic carbocycles. The predicted octanol–water partition coefficient (Wildman–Crippen LogP) is 2.82. The minimum absolute atomic E-state index is 0.586. The van der Waals surface area contributed by atoms with Crippen molar-refractivity contribution in [3.05, 3.63) is 29.3 Å². The number of anilines is 1. The smallest absolute Gasteiger partial charge is 0.0375 e. The maximum atomic E-state index is 3.53. The standard InChI is InChI=1S/C17H29N3/c1-5-20(14(2)12-19(3)4)13-15-8-6-10-17-16(15)9-7-11-18-17/h6,8,10,14,18H,5,7,9,11-13H2,1-4H3. The first-order valence-electron chi connectivity index (χ1n) is 7.85. The Morgan fingerprint density at radius 3 is 2.80 bits per heavy atom. The summed E-state index contributed by atoms with van der Waals surface area (Å²) >= 11 is 0. The fourth-order valence-electron chi connectivity index (χ4n) is 3.17. The molecule has 0 radical (unpaired) electrons. The number of rotatable bonds is 6. The molecule has 0 spiro atoms. The summed E-state index contributed by atoms with van der Waals surface area (Å²) in [7, 11) is 4.30. The van der Waals surface area contributed by atoms with Crippen LogP contribution in [0.1, 0.15) is 31.4 Å². The molecule has 1 unspecified atom stereocenters. The molecule has 112 valence electrons. The Morgan fingerprint density at radius 1 is 1.30 bits per heavy atom. The molecule has 1 atom stereocenters. The van der Waals surface area contributed by atoms with Crippen molar-refractivity contribution in [1.29, 1.82) is 0 Å². The lowest BCUT2D eigenvalue weighted by Gasteiger charge is -2.31. The molecule has 2 rings (SSSR count). The van der Waals surface area contributed by atoms with Gasteiger partial charge >= 0.3 is 0 Å². The zero-order valence-electron chi connectivity index (χ0n) is 13.4. The molecule has 1 heterocycles. The van der Waals surface area contributed by atoms with Gasteiger partial charge in [0.2, 0.25) is 0 Å². The van der Waals surface area contributed by atoms with Gasteiger partial charge in [0.25, 0.3) is 0 Å². The largest absolute Gasteiger partial charge is 0.385 e. The van der Waals surface area contributed by atoms with Crippen molar-refractivity contribution >= 4 is 5.69 Å². The van der Waals surface area contributed by atoms with Gasteiger partial charge in [-0.1, -0.05) is 19.1 Å². The van der Waals surface area contributed by atoms with Gasteiger partial charge < -0.3 is 10.2 Å². The molecule has 3 nitrogen and oxygen atoms in total. The van der Waals surface area contributed by atoms with Crippen molar-refractivity contribution in [2.75, 3.05) is 39.0 Å². The van der Waals surface area contributed by atoms with Crippen LogP contribution in [0.25, 0.3) is 0 Å². The molecule has 1 aliphatic heterocycles. The number of fused-ring (bicyclic) bond motifs is 1. The predicted molar refractivity (Wildman–Crippen MR) is 87.4 cm³/mol. The molecule has 20 heavy (non-hydrogen) atoms. The van der Waals surface area contributed by atoms with Crippen LogP contribution in [0.15, 0.2) is 18.2 Å². The fraction of sp³-hybridized carbons (Fsp3) is 0.647. The molecule has 0 amide bonds. The minimum Gasteiger partial charge on any atom is -0.385 e. The molecule has 0 aromatic heterocycles. The van der Waals surface area contributed by atoms with Crippen LogP contribution < -0.4 is 5.32 Å². The van der Waals surface area contributed by atoms with E-state index in [1.165, 1.54) is 29.7 Å². The van der Waals surface area contributed by atoms with Crippen LogP contribution in [0.3, 0.4) is 0 Å². The van der Waals surface area contributed by atoms with Crippen LogP contribution >= 0.6 is 0 Å². The first-order chi connectivity index (χ1) is 9.61. The van der Waals surface area contributed by atoms with E-state index in [0.717, 1.165) is 26.2 Å². The molecular weight excluding hydrogens is 246 g/mol. The molecule has 0 bridgehead atoms. The van der Waals surface area contributed by atoms with Crippen molar-refractivity contribution in [2.24, 2.45) is 0 Å². The monoisotopic (exact) mass is 275 g/mol. The van der Waals surface area contributed by atoms with Gasteiger partial charge in [-0.15, -0.1) is 0 Å². The number of likely N-dealkylation sites (N-methyl/N-ethyl adjacent to an activating group) is 2. The Balaban J connectivity index is 2.11. The topological polar surface area (TPSA) is 18.5 Å². The number of nitrogens with zero attached hydrogens (tertiary/aromatic N) is 2. The Kier molecular flexibility index (Phi) is 5.44. The highest BCUT2D eigenvalue weighted by Crippen LogP contribution is 2.26. The van der Waals surface area contributed by atoms with Gasteiger partial charge in [0, 0.05) is 31.4 Å². The highest BCUT2D eigenvalue weighted by atomic mass is 15.2. The van der Waals surface area contributed by atoms with Gasteiger partial charge in [-0.25, -0.2) is 0 Å². The van der Waals surface area contributed by atoms with E-state index in [0.29, 0.717) is 6.04 Å². The Morgan fingerprint density at radius 2 is 2.10 bits per heavy atom. The van der Waals surface area contributed by atoms with E-state index in [4.69, 9.17) is 0 Å². The molecule has 1 aliphatic rings. The summed E-state index contributed by atoms with van der Waals surface area (Å²) in [5, 5.41) is 3.53. The average molecular weight is 275 g/mol. The SMILES string of the molecule is CCN(Cc1cccc2c1CCCN2)C(C)CN(C)C. The van der Waals surface area contributed by atoms with Crippen LogP contribution in [0.5, 0.6) is 0 Å². The normalized spacial score (nSPS) is 16.1. The second kappa shape index (κ2) is 7.09. The fourth-order valence-corrected chi connectivity index (χ4v) is 3.17. The van der Waals surface area contributed by atoms with Crippen molar-refractivity contribution in [1.82, 2.24) is 9.80 Å². The molecule has 0 fully saturated rings. The average Bonchev–Trinajstić information content (AvgIpc) is 2.44. The highest BCUT2D eigenvalue weighted by Gasteiger charge is 2.17. The maximum Gasteiger partial charge on any atom is 0.0375 e. The Hall–Kier alpha value is -1.06. The molecule has 1 N–H and O–H groups in total. The second-order valence-electron chi connectivity index (χ2n) is 6.15. The first kappa shape index (κ1) is 15.3. The van der Waals surface area contributed by atoms with Gasteiger partial charge in [0.15, 0.2) is 0 Å². The second-order valence-corrected chi connectivity index (χ2v) is 6.15. The third-order valence-electron chi connectivity index (χ3n) is 4.22. The highest BCUT2D eigenvalue weighted by molar-refractivity contribution is 5.56. The van der Waals surface area contributed by atoms with E-state index >= 15 is 0 Å². The third-order valence-corrected chi connectivity index (χ3v) is 4.22. The summed E-state index contributed by atoms with van der Waals surface area (Å²) < 4.78 is 0. The van der Waals surface area contributed by atoms with Gasteiger partial charge in [-0.05, 0) is 57.6 Å². The summed E-state index contributed by atoms with van der Waals surface area (Å²) in [4.78, 5) is 4.85. The lowest BCUT2D eigenvalue weighted by molar-refractivity contribution is 0.174. The van der Waals surface area contributed by atoms with Gasteiger partial charge in [-0.2, -0.15) is 0 Å². The summed E-state index contributed by atoms with van der Waals surface area (Å²) in [5.41, 5.74) is 4.39. The Labute approximate surface area is 124 Å². The number of benzene rings is 1. The van der Waals surface area contributed by atoms with Gasteiger partial charge in [-0.3, -0.25) is 4.90 Å². The molecule has 0 saturated carbocycles. The van der Waals surface area contributed by atoms with Crippen molar-refractivity contribution in [3.63, 3.8) is 0 Å². The van der Waals surface area contributed by atoms with E-state index in [1.54, 1.807) is 0 Å². The van der Waals surface area contributed by atoms with Crippen LogP contribution in [0.2, 0.25) is 0 Å². The molecular formula is C17H29N3. The lowest BCUT2D eigenvalue weighted by atomic mass is 9.97. The summed E-state index contributed by atoms with van der Waals surface area (Å²) in [6.45, 7) is 8.99. The quantitative estimate of drug-likeness (QED) is 0.861. The Bertz CT molecular complexity index is 428. The third kappa shape index (κ3) is 3.74.